The van der Waals surface area contributed by atoms with Crippen molar-refractivity contribution in [1.29, 1.82) is 0 Å². The molecule has 106 valence electrons. The lowest BCUT2D eigenvalue weighted by Gasteiger charge is -2.00. The molecule has 0 radical (unpaired) electrons. The zero-order valence-electron chi connectivity index (χ0n) is 11.1. The fourth-order valence-corrected chi connectivity index (χ4v) is 2.69. The van der Waals surface area contributed by atoms with Crippen LogP contribution in [0.4, 0.5) is 10.1 Å². The molecular weight excluding hydrogens is 287 g/mol. The van der Waals surface area contributed by atoms with Gasteiger partial charge in [-0.25, -0.2) is 9.37 Å². The topological polar surface area (TPSA) is 52.0 Å². The van der Waals surface area contributed by atoms with Gasteiger partial charge >= 0.3 is 0 Å². The number of oxazole rings is 1. The maximum Gasteiger partial charge on any atom is 0.205 e. The second-order valence-electron chi connectivity index (χ2n) is 4.49. The molecule has 3 rings (SSSR count). The van der Waals surface area contributed by atoms with Crippen LogP contribution in [0, 0.1) is 5.82 Å². The van der Waals surface area contributed by atoms with Crippen molar-refractivity contribution in [2.24, 2.45) is 0 Å². The summed E-state index contributed by atoms with van der Waals surface area (Å²) in [4.78, 5) is 5.31. The molecule has 0 saturated heterocycles. The lowest BCUT2D eigenvalue weighted by Crippen LogP contribution is -1.84. The van der Waals surface area contributed by atoms with E-state index in [4.69, 9.17) is 10.2 Å². The van der Waals surface area contributed by atoms with Crippen LogP contribution in [0.3, 0.4) is 0 Å². The van der Waals surface area contributed by atoms with Crippen molar-refractivity contribution in [1.82, 2.24) is 4.98 Å². The van der Waals surface area contributed by atoms with Crippen LogP contribution in [-0.2, 0) is 5.75 Å². The second-order valence-corrected chi connectivity index (χ2v) is 5.54. The van der Waals surface area contributed by atoms with E-state index >= 15 is 0 Å². The summed E-state index contributed by atoms with van der Waals surface area (Å²) in [5.74, 6) is 1.61. The minimum absolute atomic E-state index is 0.268. The first-order valence-electron chi connectivity index (χ1n) is 6.40. The average molecular weight is 300 g/mol. The molecule has 0 aliphatic heterocycles. The van der Waals surface area contributed by atoms with Crippen molar-refractivity contribution in [2.75, 3.05) is 5.73 Å². The van der Waals surface area contributed by atoms with Crippen molar-refractivity contribution in [2.45, 2.75) is 10.6 Å². The van der Waals surface area contributed by atoms with Gasteiger partial charge in [0.25, 0.3) is 0 Å². The van der Waals surface area contributed by atoms with E-state index in [0.29, 0.717) is 17.4 Å². The van der Waals surface area contributed by atoms with Crippen LogP contribution >= 0.6 is 11.8 Å². The van der Waals surface area contributed by atoms with E-state index in [1.807, 2.05) is 24.3 Å². The smallest absolute Gasteiger partial charge is 0.205 e. The van der Waals surface area contributed by atoms with E-state index in [2.05, 4.69) is 4.98 Å². The fourth-order valence-electron chi connectivity index (χ4n) is 1.87. The summed E-state index contributed by atoms with van der Waals surface area (Å²) in [5.41, 5.74) is 7.28. The SMILES string of the molecule is Nc1cccc(SCc2ncc(-c3ccc(F)cc3)o2)c1. The highest BCUT2D eigenvalue weighted by molar-refractivity contribution is 7.98. The van der Waals surface area contributed by atoms with Gasteiger partial charge in [-0.15, -0.1) is 11.8 Å². The third kappa shape index (κ3) is 3.44. The molecule has 0 bridgehead atoms. The summed E-state index contributed by atoms with van der Waals surface area (Å²) >= 11 is 1.60. The van der Waals surface area contributed by atoms with Crippen LogP contribution in [0.5, 0.6) is 0 Å². The monoisotopic (exact) mass is 300 g/mol. The standard InChI is InChI=1S/C16H13FN2OS/c17-12-6-4-11(5-7-12)15-9-19-16(20-15)10-21-14-3-1-2-13(18)8-14/h1-9H,10,18H2. The van der Waals surface area contributed by atoms with Crippen molar-refractivity contribution in [3.8, 4) is 11.3 Å². The lowest BCUT2D eigenvalue weighted by molar-refractivity contribution is 0.530. The minimum Gasteiger partial charge on any atom is -0.440 e. The summed E-state index contributed by atoms with van der Waals surface area (Å²) < 4.78 is 18.6. The predicted molar refractivity (Wildman–Crippen MR) is 82.3 cm³/mol. The van der Waals surface area contributed by atoms with Gasteiger partial charge in [-0.05, 0) is 42.5 Å². The van der Waals surface area contributed by atoms with Crippen LogP contribution < -0.4 is 5.73 Å². The van der Waals surface area contributed by atoms with Gasteiger partial charge in [0.15, 0.2) is 5.76 Å². The van der Waals surface area contributed by atoms with Gasteiger partial charge in [-0.3, -0.25) is 0 Å². The van der Waals surface area contributed by atoms with E-state index in [-0.39, 0.29) is 5.82 Å². The average Bonchev–Trinajstić information content (AvgIpc) is 2.95. The van der Waals surface area contributed by atoms with Crippen molar-refractivity contribution in [3.05, 3.63) is 66.4 Å². The molecule has 21 heavy (non-hydrogen) atoms. The van der Waals surface area contributed by atoms with Gasteiger partial charge in [-0.1, -0.05) is 6.07 Å². The Morgan fingerprint density at radius 2 is 1.95 bits per heavy atom. The summed E-state index contributed by atoms with van der Waals surface area (Å²) in [5, 5.41) is 0. The Hall–Kier alpha value is -2.27. The molecule has 3 nitrogen and oxygen atoms in total. The first-order valence-corrected chi connectivity index (χ1v) is 7.38. The third-order valence-electron chi connectivity index (χ3n) is 2.90. The number of nitrogens with zero attached hydrogens (tertiary/aromatic N) is 1. The van der Waals surface area contributed by atoms with Crippen LogP contribution in [0.25, 0.3) is 11.3 Å². The van der Waals surface area contributed by atoms with Crippen LogP contribution in [0.15, 0.2) is 64.0 Å². The van der Waals surface area contributed by atoms with E-state index in [9.17, 15) is 4.39 Å². The fraction of sp³-hybridized carbons (Fsp3) is 0.0625. The number of halogens is 1. The van der Waals surface area contributed by atoms with Gasteiger partial charge in [0.1, 0.15) is 5.82 Å². The minimum atomic E-state index is -0.268. The molecule has 1 aromatic heterocycles. The van der Waals surface area contributed by atoms with Crippen molar-refractivity contribution in [3.63, 3.8) is 0 Å². The van der Waals surface area contributed by atoms with Gasteiger partial charge in [0.05, 0.1) is 11.9 Å². The van der Waals surface area contributed by atoms with E-state index in [1.165, 1.54) is 12.1 Å². The van der Waals surface area contributed by atoms with E-state index in [1.54, 1.807) is 30.1 Å². The molecule has 1 heterocycles. The number of aromatic nitrogens is 1. The van der Waals surface area contributed by atoms with Crippen LogP contribution in [0.1, 0.15) is 5.89 Å². The van der Waals surface area contributed by atoms with Gasteiger partial charge < -0.3 is 10.2 Å². The molecule has 3 aromatic rings. The zero-order valence-corrected chi connectivity index (χ0v) is 11.9. The normalized spacial score (nSPS) is 10.7. The highest BCUT2D eigenvalue weighted by atomic mass is 32.2. The molecule has 0 aliphatic carbocycles. The van der Waals surface area contributed by atoms with Crippen molar-refractivity contribution >= 4 is 17.4 Å². The van der Waals surface area contributed by atoms with Crippen LogP contribution in [0.2, 0.25) is 0 Å². The first kappa shape index (κ1) is 13.7. The van der Waals surface area contributed by atoms with E-state index < -0.39 is 0 Å². The van der Waals surface area contributed by atoms with Crippen molar-refractivity contribution < 1.29 is 8.81 Å². The lowest BCUT2D eigenvalue weighted by atomic mass is 10.2. The predicted octanol–water partition coefficient (Wildman–Crippen LogP) is 4.36. The Morgan fingerprint density at radius 3 is 2.71 bits per heavy atom. The van der Waals surface area contributed by atoms with Gasteiger partial charge in [0, 0.05) is 16.1 Å². The molecule has 0 spiro atoms. The largest absolute Gasteiger partial charge is 0.440 e. The molecular formula is C16H13FN2OS. The Labute approximate surface area is 126 Å². The summed E-state index contributed by atoms with van der Waals surface area (Å²) in [7, 11) is 0. The molecule has 0 unspecified atom stereocenters. The van der Waals surface area contributed by atoms with Crippen LogP contribution in [-0.4, -0.2) is 4.98 Å². The van der Waals surface area contributed by atoms with E-state index in [0.717, 1.165) is 16.1 Å². The number of nitrogen functional groups attached to an aromatic ring is 1. The number of hydrogen-bond donors (Lipinski definition) is 1. The molecule has 2 N–H and O–H groups in total. The molecule has 2 aromatic carbocycles. The number of anilines is 1. The Kier molecular flexibility index (Phi) is 3.92. The molecule has 0 aliphatic rings. The number of hydrogen-bond acceptors (Lipinski definition) is 4. The quantitative estimate of drug-likeness (QED) is 0.574. The molecule has 0 atom stereocenters. The summed E-state index contributed by atoms with van der Waals surface area (Å²) in [6.45, 7) is 0. The maximum atomic E-state index is 12.9. The summed E-state index contributed by atoms with van der Waals surface area (Å²) in [6, 6.07) is 13.8. The number of rotatable bonds is 4. The highest BCUT2D eigenvalue weighted by Crippen LogP contribution is 2.26. The molecule has 0 saturated carbocycles. The zero-order chi connectivity index (χ0) is 14.7. The highest BCUT2D eigenvalue weighted by Gasteiger charge is 2.07. The number of thioether (sulfide) groups is 1. The first-order chi connectivity index (χ1) is 10.2. The molecule has 0 amide bonds. The number of nitrogens with two attached hydrogens (primary N) is 1. The molecule has 0 fully saturated rings. The summed E-state index contributed by atoms with van der Waals surface area (Å²) in [6.07, 6.45) is 1.66. The number of benzene rings is 2. The third-order valence-corrected chi connectivity index (χ3v) is 3.88. The maximum absolute atomic E-state index is 12.9. The molecule has 5 heteroatoms. The van der Waals surface area contributed by atoms with Gasteiger partial charge in [0.2, 0.25) is 5.89 Å². The van der Waals surface area contributed by atoms with Gasteiger partial charge in [-0.2, -0.15) is 0 Å². The Bertz CT molecular complexity index is 740. The Morgan fingerprint density at radius 1 is 1.14 bits per heavy atom. The second kappa shape index (κ2) is 6.01. The Balaban J connectivity index is 1.69.